The molecule has 1 aliphatic rings. The van der Waals surface area contributed by atoms with Crippen molar-refractivity contribution in [1.82, 2.24) is 10.2 Å². The van der Waals surface area contributed by atoms with E-state index in [9.17, 15) is 0 Å². The summed E-state index contributed by atoms with van der Waals surface area (Å²) in [6.07, 6.45) is 0. The highest BCUT2D eigenvalue weighted by atomic mass is 35.5. The molecule has 0 unspecified atom stereocenters. The Morgan fingerprint density at radius 1 is 0.960 bits per heavy atom. The average Bonchev–Trinajstić information content (AvgIpc) is 2.98. The maximum absolute atomic E-state index is 6.35. The van der Waals surface area contributed by atoms with E-state index in [1.165, 1.54) is 5.56 Å². The topological polar surface area (TPSA) is 32.3 Å². The van der Waals surface area contributed by atoms with Crippen LogP contribution in [0.25, 0.3) is 0 Å². The lowest BCUT2D eigenvalue weighted by Crippen LogP contribution is -2.28. The van der Waals surface area contributed by atoms with Gasteiger partial charge in [-0.15, -0.1) is 10.2 Å². The molecule has 0 N–H and O–H groups in total. The van der Waals surface area contributed by atoms with Crippen molar-refractivity contribution >= 4 is 40.4 Å². The molecule has 0 radical (unpaired) electrons. The molecule has 0 atom stereocenters. The van der Waals surface area contributed by atoms with Crippen LogP contribution in [-0.4, -0.2) is 16.9 Å². The average molecular weight is 371 g/mol. The van der Waals surface area contributed by atoms with E-state index in [1.54, 1.807) is 6.07 Å². The molecule has 0 spiro atoms. The van der Waals surface area contributed by atoms with E-state index >= 15 is 0 Å². The molecule has 0 fully saturated rings. The summed E-state index contributed by atoms with van der Waals surface area (Å²) >= 11 is 12.2. The van der Waals surface area contributed by atoms with E-state index in [4.69, 9.17) is 23.2 Å². The van der Waals surface area contributed by atoms with Gasteiger partial charge < -0.3 is 9.80 Å². The van der Waals surface area contributed by atoms with Crippen LogP contribution in [-0.2, 0) is 6.54 Å². The molecule has 25 heavy (non-hydrogen) atoms. The summed E-state index contributed by atoms with van der Waals surface area (Å²) in [5, 5.41) is 9.40. The van der Waals surface area contributed by atoms with Gasteiger partial charge in [-0.05, 0) is 42.3 Å². The lowest BCUT2D eigenvalue weighted by Gasteiger charge is -2.21. The Bertz CT molecular complexity index is 912. The summed E-state index contributed by atoms with van der Waals surface area (Å²) in [4.78, 5) is 4.45. The number of anilines is 3. The Balaban J connectivity index is 1.73. The third-order valence-electron chi connectivity index (χ3n) is 4.35. The standard InChI is InChI=1S/C19H16Cl2N4/c1-13-5-4-8-16-19(13)25(18-10-9-17(21)22-23-18)12-24(16)11-14-6-2-3-7-15(14)20/h2-10H,11-12H2,1H3. The van der Waals surface area contributed by atoms with Gasteiger partial charge in [0.1, 0.15) is 0 Å². The molecule has 126 valence electrons. The van der Waals surface area contributed by atoms with Crippen LogP contribution in [0.3, 0.4) is 0 Å². The molecule has 0 saturated carbocycles. The SMILES string of the molecule is Cc1cccc2c1N(c1ccc(Cl)nn1)CN2Cc1ccccc1Cl. The molecule has 0 aliphatic carbocycles. The van der Waals surface area contributed by atoms with Crippen molar-refractivity contribution in [2.45, 2.75) is 13.5 Å². The zero-order valence-electron chi connectivity index (χ0n) is 13.7. The van der Waals surface area contributed by atoms with Crippen LogP contribution in [0, 0.1) is 6.92 Å². The quantitative estimate of drug-likeness (QED) is 0.633. The molecule has 0 amide bonds. The van der Waals surface area contributed by atoms with Gasteiger partial charge in [0.15, 0.2) is 11.0 Å². The number of hydrogen-bond donors (Lipinski definition) is 0. The molecule has 6 heteroatoms. The Hall–Kier alpha value is -2.30. The lowest BCUT2D eigenvalue weighted by molar-refractivity contribution is 0.819. The first-order valence-electron chi connectivity index (χ1n) is 7.98. The maximum atomic E-state index is 6.35. The van der Waals surface area contributed by atoms with Crippen molar-refractivity contribution in [3.8, 4) is 0 Å². The van der Waals surface area contributed by atoms with Crippen molar-refractivity contribution in [2.24, 2.45) is 0 Å². The van der Waals surface area contributed by atoms with Gasteiger partial charge in [0.2, 0.25) is 0 Å². The largest absolute Gasteiger partial charge is 0.347 e. The predicted octanol–water partition coefficient (Wildman–Crippen LogP) is 5.21. The summed E-state index contributed by atoms with van der Waals surface area (Å²) in [7, 11) is 0. The van der Waals surface area contributed by atoms with E-state index in [1.807, 2.05) is 24.3 Å². The Morgan fingerprint density at radius 2 is 1.80 bits per heavy atom. The first kappa shape index (κ1) is 16.2. The monoisotopic (exact) mass is 370 g/mol. The number of rotatable bonds is 3. The van der Waals surface area contributed by atoms with Gasteiger partial charge in [-0.2, -0.15) is 0 Å². The van der Waals surface area contributed by atoms with Crippen molar-refractivity contribution in [3.63, 3.8) is 0 Å². The molecule has 4 nitrogen and oxygen atoms in total. The number of halogens is 2. The number of para-hydroxylation sites is 1. The van der Waals surface area contributed by atoms with E-state index < -0.39 is 0 Å². The van der Waals surface area contributed by atoms with E-state index in [0.717, 1.165) is 34.3 Å². The highest BCUT2D eigenvalue weighted by Crippen LogP contribution is 2.43. The van der Waals surface area contributed by atoms with Crippen LogP contribution in [0.2, 0.25) is 10.2 Å². The summed E-state index contributed by atoms with van der Waals surface area (Å²) in [6.45, 7) is 3.52. The van der Waals surface area contributed by atoms with Gasteiger partial charge in [0.25, 0.3) is 0 Å². The summed E-state index contributed by atoms with van der Waals surface area (Å²) in [5.74, 6) is 0.779. The van der Waals surface area contributed by atoms with Gasteiger partial charge in [0, 0.05) is 11.6 Å². The highest BCUT2D eigenvalue weighted by Gasteiger charge is 2.29. The van der Waals surface area contributed by atoms with Gasteiger partial charge in [-0.3, -0.25) is 0 Å². The maximum Gasteiger partial charge on any atom is 0.157 e. The number of nitrogens with zero attached hydrogens (tertiary/aromatic N) is 4. The number of hydrogen-bond acceptors (Lipinski definition) is 4. The molecule has 4 rings (SSSR count). The second-order valence-electron chi connectivity index (χ2n) is 6.02. The number of benzene rings is 2. The Morgan fingerprint density at radius 3 is 2.56 bits per heavy atom. The lowest BCUT2D eigenvalue weighted by atomic mass is 10.1. The minimum absolute atomic E-state index is 0.390. The van der Waals surface area contributed by atoms with Crippen molar-refractivity contribution in [2.75, 3.05) is 16.5 Å². The van der Waals surface area contributed by atoms with Gasteiger partial charge in [-0.1, -0.05) is 53.5 Å². The molecule has 2 heterocycles. The fourth-order valence-corrected chi connectivity index (χ4v) is 3.47. The summed E-state index contributed by atoms with van der Waals surface area (Å²) in [5.41, 5.74) is 4.60. The fourth-order valence-electron chi connectivity index (χ4n) is 3.17. The number of aryl methyl sites for hydroxylation is 1. The molecular weight excluding hydrogens is 355 g/mol. The minimum Gasteiger partial charge on any atom is -0.347 e. The molecule has 1 aliphatic heterocycles. The Kier molecular flexibility index (Phi) is 4.24. The number of fused-ring (bicyclic) bond motifs is 1. The van der Waals surface area contributed by atoms with E-state index in [2.05, 4.69) is 51.2 Å². The van der Waals surface area contributed by atoms with Crippen LogP contribution in [0.4, 0.5) is 17.2 Å². The van der Waals surface area contributed by atoms with Gasteiger partial charge >= 0.3 is 0 Å². The third-order valence-corrected chi connectivity index (χ3v) is 4.92. The summed E-state index contributed by atoms with van der Waals surface area (Å²) in [6, 6.07) is 17.9. The molecule has 2 aromatic carbocycles. The fraction of sp³-hybridized carbons (Fsp3) is 0.158. The molecule has 0 bridgehead atoms. The van der Waals surface area contributed by atoms with Crippen LogP contribution in [0.5, 0.6) is 0 Å². The minimum atomic E-state index is 0.390. The van der Waals surface area contributed by atoms with E-state index in [0.29, 0.717) is 11.8 Å². The first-order chi connectivity index (χ1) is 12.1. The smallest absolute Gasteiger partial charge is 0.157 e. The summed E-state index contributed by atoms with van der Waals surface area (Å²) < 4.78 is 0. The number of aromatic nitrogens is 2. The second kappa shape index (κ2) is 6.54. The zero-order valence-corrected chi connectivity index (χ0v) is 15.2. The molecular formula is C19H16Cl2N4. The molecule has 1 aromatic heterocycles. The van der Waals surface area contributed by atoms with Crippen LogP contribution in [0.15, 0.2) is 54.6 Å². The highest BCUT2D eigenvalue weighted by molar-refractivity contribution is 6.31. The predicted molar refractivity (Wildman–Crippen MR) is 103 cm³/mol. The van der Waals surface area contributed by atoms with Gasteiger partial charge in [-0.25, -0.2) is 0 Å². The van der Waals surface area contributed by atoms with E-state index in [-0.39, 0.29) is 0 Å². The van der Waals surface area contributed by atoms with Crippen molar-refractivity contribution in [1.29, 1.82) is 0 Å². The van der Waals surface area contributed by atoms with Gasteiger partial charge in [0.05, 0.1) is 18.0 Å². The van der Waals surface area contributed by atoms with Crippen molar-refractivity contribution in [3.05, 3.63) is 75.9 Å². The first-order valence-corrected chi connectivity index (χ1v) is 8.74. The van der Waals surface area contributed by atoms with Crippen molar-refractivity contribution < 1.29 is 0 Å². The van der Waals surface area contributed by atoms with Crippen LogP contribution in [0.1, 0.15) is 11.1 Å². The molecule has 0 saturated heterocycles. The molecule has 3 aromatic rings. The Labute approximate surface area is 156 Å². The second-order valence-corrected chi connectivity index (χ2v) is 6.81. The van der Waals surface area contributed by atoms with Crippen LogP contribution >= 0.6 is 23.2 Å². The normalized spacial score (nSPS) is 13.2. The third kappa shape index (κ3) is 3.03. The van der Waals surface area contributed by atoms with Crippen LogP contribution < -0.4 is 9.80 Å². The zero-order chi connectivity index (χ0) is 17.4.